The van der Waals surface area contributed by atoms with Crippen LogP contribution in [-0.2, 0) is 35.9 Å². The van der Waals surface area contributed by atoms with Gasteiger partial charge in [0.1, 0.15) is 0 Å². The molecule has 0 saturated heterocycles. The Morgan fingerprint density at radius 3 is 1.16 bits per heavy atom. The normalized spacial score (nSPS) is 14.1. The Morgan fingerprint density at radius 2 is 0.814 bits per heavy atom. The topological polar surface area (TPSA) is 62.1 Å². The lowest BCUT2D eigenvalue weighted by molar-refractivity contribution is 0.351. The SMILES string of the molecule is CC(C)(C)c1ccc(CNCCC(CNCc2ccc(C(C)(C)C)cc2)C(N)CNCc2ccc(C(C)(C)C)cc2)cc1. The van der Waals surface area contributed by atoms with E-state index in [1.807, 2.05) is 0 Å². The molecule has 236 valence electrons. The van der Waals surface area contributed by atoms with E-state index < -0.39 is 0 Å². The molecule has 43 heavy (non-hydrogen) atoms. The molecule has 5 N–H and O–H groups in total. The maximum Gasteiger partial charge on any atom is 0.0206 e. The maximum absolute atomic E-state index is 6.83. The Labute approximate surface area is 263 Å². The first-order valence-electron chi connectivity index (χ1n) is 16.3. The maximum atomic E-state index is 6.83. The van der Waals surface area contributed by atoms with Crippen LogP contribution in [0.1, 0.15) is 102 Å². The predicted octanol–water partition coefficient (Wildman–Crippen LogP) is 7.58. The van der Waals surface area contributed by atoms with Crippen LogP contribution in [0, 0.1) is 5.92 Å². The molecule has 0 amide bonds. The first-order valence-corrected chi connectivity index (χ1v) is 16.3. The Hall–Kier alpha value is -2.50. The van der Waals surface area contributed by atoms with Crippen molar-refractivity contribution in [3.8, 4) is 0 Å². The molecule has 2 unspecified atom stereocenters. The molecule has 0 aromatic heterocycles. The van der Waals surface area contributed by atoms with Gasteiger partial charge in [-0.3, -0.25) is 0 Å². The van der Waals surface area contributed by atoms with Crippen LogP contribution in [0.15, 0.2) is 72.8 Å². The molecule has 0 aliphatic heterocycles. The van der Waals surface area contributed by atoms with Crippen LogP contribution < -0.4 is 21.7 Å². The number of rotatable bonds is 14. The van der Waals surface area contributed by atoms with Gasteiger partial charge in [-0.15, -0.1) is 0 Å². The second kappa shape index (κ2) is 15.5. The molecule has 0 fully saturated rings. The first-order chi connectivity index (χ1) is 20.1. The fraction of sp³-hybridized carbons (Fsp3) is 0.538. The number of hydrogen-bond donors (Lipinski definition) is 4. The lowest BCUT2D eigenvalue weighted by Crippen LogP contribution is -2.44. The molecular formula is C39H60N4. The van der Waals surface area contributed by atoms with E-state index in [9.17, 15) is 0 Å². The van der Waals surface area contributed by atoms with Crippen LogP contribution >= 0.6 is 0 Å². The van der Waals surface area contributed by atoms with Gasteiger partial charge in [0, 0.05) is 32.2 Å². The van der Waals surface area contributed by atoms with Crippen LogP contribution in [-0.4, -0.2) is 25.7 Å². The van der Waals surface area contributed by atoms with Crippen molar-refractivity contribution in [1.82, 2.24) is 16.0 Å². The Kier molecular flexibility index (Phi) is 12.6. The minimum Gasteiger partial charge on any atom is -0.326 e. The van der Waals surface area contributed by atoms with Gasteiger partial charge in [0.05, 0.1) is 0 Å². The number of hydrogen-bond acceptors (Lipinski definition) is 4. The molecule has 0 spiro atoms. The van der Waals surface area contributed by atoms with Crippen LogP contribution in [0.5, 0.6) is 0 Å². The average molecular weight is 585 g/mol. The van der Waals surface area contributed by atoms with E-state index in [1.165, 1.54) is 33.4 Å². The summed E-state index contributed by atoms with van der Waals surface area (Å²) in [6.07, 6.45) is 1.03. The summed E-state index contributed by atoms with van der Waals surface area (Å²) in [5.41, 5.74) is 15.4. The van der Waals surface area contributed by atoms with Crippen molar-refractivity contribution in [3.05, 3.63) is 106 Å². The van der Waals surface area contributed by atoms with Crippen molar-refractivity contribution in [2.75, 3.05) is 19.6 Å². The fourth-order valence-electron chi connectivity index (χ4n) is 5.31. The van der Waals surface area contributed by atoms with Crippen LogP contribution in [0.4, 0.5) is 0 Å². The van der Waals surface area contributed by atoms with Crippen molar-refractivity contribution in [2.24, 2.45) is 11.7 Å². The van der Waals surface area contributed by atoms with E-state index in [2.05, 4.69) is 151 Å². The molecule has 0 heterocycles. The highest BCUT2D eigenvalue weighted by atomic mass is 14.9. The van der Waals surface area contributed by atoms with Crippen molar-refractivity contribution in [2.45, 2.75) is 111 Å². The standard InChI is InChI=1S/C39H60N4/c1-37(2,3)33-16-10-29(11-17-33)24-41-23-22-32(27-42-25-30-12-18-34(19-13-30)38(4,5)6)36(40)28-43-26-31-14-20-35(21-15-31)39(7,8)9/h10-21,32,36,41-43H,22-28,40H2,1-9H3. The Bertz CT molecular complexity index is 1210. The zero-order chi connectivity index (χ0) is 31.7. The zero-order valence-electron chi connectivity index (χ0n) is 28.6. The lowest BCUT2D eigenvalue weighted by Gasteiger charge is -2.25. The highest BCUT2D eigenvalue weighted by Gasteiger charge is 2.19. The molecule has 0 aliphatic rings. The average Bonchev–Trinajstić information content (AvgIpc) is 2.93. The van der Waals surface area contributed by atoms with E-state index in [-0.39, 0.29) is 22.3 Å². The summed E-state index contributed by atoms with van der Waals surface area (Å²) in [5, 5.41) is 11.0. The molecule has 2 atom stereocenters. The van der Waals surface area contributed by atoms with Gasteiger partial charge in [-0.2, -0.15) is 0 Å². The highest BCUT2D eigenvalue weighted by Crippen LogP contribution is 2.24. The molecule has 0 radical (unpaired) electrons. The number of nitrogens with two attached hydrogens (primary N) is 1. The first kappa shape index (κ1) is 35.0. The van der Waals surface area contributed by atoms with Crippen LogP contribution in [0.2, 0.25) is 0 Å². The zero-order valence-corrected chi connectivity index (χ0v) is 28.6. The van der Waals surface area contributed by atoms with Gasteiger partial charge >= 0.3 is 0 Å². The van der Waals surface area contributed by atoms with E-state index in [4.69, 9.17) is 5.73 Å². The number of nitrogens with one attached hydrogen (secondary N) is 3. The van der Waals surface area contributed by atoms with Crippen LogP contribution in [0.3, 0.4) is 0 Å². The molecular weight excluding hydrogens is 524 g/mol. The summed E-state index contributed by atoms with van der Waals surface area (Å²) >= 11 is 0. The summed E-state index contributed by atoms with van der Waals surface area (Å²) in [6.45, 7) is 25.5. The van der Waals surface area contributed by atoms with Gasteiger partial charge in [-0.25, -0.2) is 0 Å². The third-order valence-corrected chi connectivity index (χ3v) is 8.53. The predicted molar refractivity (Wildman–Crippen MR) is 187 cm³/mol. The third-order valence-electron chi connectivity index (χ3n) is 8.53. The molecule has 3 aromatic carbocycles. The fourth-order valence-corrected chi connectivity index (χ4v) is 5.31. The summed E-state index contributed by atoms with van der Waals surface area (Å²) in [5.74, 6) is 0.361. The van der Waals surface area contributed by atoms with Gasteiger partial charge in [-0.05, 0) is 75.1 Å². The minimum absolute atomic E-state index is 0.0671. The van der Waals surface area contributed by atoms with Crippen molar-refractivity contribution in [3.63, 3.8) is 0 Å². The quantitative estimate of drug-likeness (QED) is 0.148. The molecule has 0 saturated carbocycles. The van der Waals surface area contributed by atoms with Gasteiger partial charge in [0.25, 0.3) is 0 Å². The van der Waals surface area contributed by atoms with Gasteiger partial charge in [0.15, 0.2) is 0 Å². The molecule has 3 rings (SSSR count). The van der Waals surface area contributed by atoms with Gasteiger partial charge in [-0.1, -0.05) is 135 Å². The molecule has 0 bridgehead atoms. The minimum atomic E-state index is 0.0671. The smallest absolute Gasteiger partial charge is 0.0206 e. The Morgan fingerprint density at radius 1 is 0.488 bits per heavy atom. The molecule has 3 aromatic rings. The van der Waals surface area contributed by atoms with Crippen molar-refractivity contribution < 1.29 is 0 Å². The van der Waals surface area contributed by atoms with E-state index in [1.54, 1.807) is 0 Å². The second-order valence-electron chi connectivity index (χ2n) is 15.5. The summed E-state index contributed by atoms with van der Waals surface area (Å²) in [7, 11) is 0. The third kappa shape index (κ3) is 11.8. The highest BCUT2D eigenvalue weighted by molar-refractivity contribution is 5.29. The molecule has 4 heteroatoms. The van der Waals surface area contributed by atoms with E-state index >= 15 is 0 Å². The summed E-state index contributed by atoms with van der Waals surface area (Å²) < 4.78 is 0. The van der Waals surface area contributed by atoms with Crippen molar-refractivity contribution >= 4 is 0 Å². The number of benzene rings is 3. The Balaban J connectivity index is 1.53. The monoisotopic (exact) mass is 584 g/mol. The second-order valence-corrected chi connectivity index (χ2v) is 15.5. The molecule has 4 nitrogen and oxygen atoms in total. The van der Waals surface area contributed by atoms with E-state index in [0.717, 1.165) is 45.7 Å². The lowest BCUT2D eigenvalue weighted by atomic mass is 9.86. The summed E-state index contributed by atoms with van der Waals surface area (Å²) in [4.78, 5) is 0. The van der Waals surface area contributed by atoms with Crippen molar-refractivity contribution in [1.29, 1.82) is 0 Å². The molecule has 0 aliphatic carbocycles. The van der Waals surface area contributed by atoms with Crippen LogP contribution in [0.25, 0.3) is 0 Å². The van der Waals surface area contributed by atoms with Gasteiger partial charge in [0.2, 0.25) is 0 Å². The van der Waals surface area contributed by atoms with E-state index in [0.29, 0.717) is 5.92 Å². The van der Waals surface area contributed by atoms with Gasteiger partial charge < -0.3 is 21.7 Å². The largest absolute Gasteiger partial charge is 0.326 e. The summed E-state index contributed by atoms with van der Waals surface area (Å²) in [6, 6.07) is 27.1.